The molecule has 0 fully saturated rings. The van der Waals surface area contributed by atoms with Crippen LogP contribution in [-0.4, -0.2) is 14.3 Å². The van der Waals surface area contributed by atoms with Crippen LogP contribution in [0.15, 0.2) is 41.3 Å². The fourth-order valence-corrected chi connectivity index (χ4v) is 4.94. The molecule has 2 aromatic carbocycles. The summed E-state index contributed by atoms with van der Waals surface area (Å²) in [5, 5.41) is 2.84. The molecule has 0 radical (unpaired) electrons. The number of fused-ring (bicyclic) bond motifs is 2. The number of hydrogen-bond donors (Lipinski definition) is 2. The minimum Gasteiger partial charge on any atom is -0.326 e. The number of carbonyl (C=O) groups is 1. The van der Waals surface area contributed by atoms with E-state index in [4.69, 9.17) is 0 Å². The van der Waals surface area contributed by atoms with Crippen LogP contribution in [0.3, 0.4) is 0 Å². The third kappa shape index (κ3) is 3.33. The molecular weight excluding hydrogens is 348 g/mol. The van der Waals surface area contributed by atoms with Gasteiger partial charge in [0.05, 0.1) is 10.6 Å². The van der Waals surface area contributed by atoms with Gasteiger partial charge in [0.2, 0.25) is 5.91 Å². The van der Waals surface area contributed by atoms with Crippen molar-refractivity contribution in [1.29, 1.82) is 0 Å². The minimum absolute atomic E-state index is 0.0200. The van der Waals surface area contributed by atoms with Gasteiger partial charge in [-0.05, 0) is 79.5 Å². The number of sulfonamides is 1. The highest BCUT2D eigenvalue weighted by Gasteiger charge is 2.21. The first-order valence-corrected chi connectivity index (χ1v) is 10.6. The SMILES string of the molecule is O=C1CCCc2cc(S(=O)(=O)Nc3cccc4c3CCCC4)ccc2N1. The van der Waals surface area contributed by atoms with Crippen LogP contribution in [0.25, 0.3) is 0 Å². The fourth-order valence-electron chi connectivity index (χ4n) is 3.80. The van der Waals surface area contributed by atoms with Crippen LogP contribution in [0, 0.1) is 0 Å². The van der Waals surface area contributed by atoms with E-state index in [0.29, 0.717) is 24.2 Å². The van der Waals surface area contributed by atoms with Gasteiger partial charge >= 0.3 is 0 Å². The highest BCUT2D eigenvalue weighted by Crippen LogP contribution is 2.31. The van der Waals surface area contributed by atoms with Gasteiger partial charge in [-0.1, -0.05) is 12.1 Å². The van der Waals surface area contributed by atoms with E-state index in [0.717, 1.165) is 43.2 Å². The Kier molecular flexibility index (Phi) is 4.44. The van der Waals surface area contributed by atoms with Crippen molar-refractivity contribution in [2.24, 2.45) is 0 Å². The molecule has 0 unspecified atom stereocenters. The first-order chi connectivity index (χ1) is 12.5. The molecule has 0 saturated carbocycles. The molecule has 6 heteroatoms. The first kappa shape index (κ1) is 17.1. The summed E-state index contributed by atoms with van der Waals surface area (Å²) in [6, 6.07) is 10.8. The number of anilines is 2. The van der Waals surface area contributed by atoms with Crippen LogP contribution in [-0.2, 0) is 34.1 Å². The van der Waals surface area contributed by atoms with Crippen LogP contribution < -0.4 is 10.0 Å². The summed E-state index contributed by atoms with van der Waals surface area (Å²) in [7, 11) is -3.67. The molecule has 1 amide bonds. The van der Waals surface area contributed by atoms with E-state index in [1.54, 1.807) is 18.2 Å². The molecule has 2 aliphatic rings. The number of carbonyl (C=O) groups excluding carboxylic acids is 1. The molecule has 2 N–H and O–H groups in total. The Bertz CT molecular complexity index is 967. The summed E-state index contributed by atoms with van der Waals surface area (Å²) in [6.45, 7) is 0. The Morgan fingerprint density at radius 1 is 0.885 bits per heavy atom. The van der Waals surface area contributed by atoms with Crippen LogP contribution >= 0.6 is 0 Å². The van der Waals surface area contributed by atoms with Crippen molar-refractivity contribution in [2.75, 3.05) is 10.0 Å². The van der Waals surface area contributed by atoms with E-state index in [2.05, 4.69) is 16.1 Å². The van der Waals surface area contributed by atoms with E-state index in [1.165, 1.54) is 5.56 Å². The number of amides is 1. The summed E-state index contributed by atoms with van der Waals surface area (Å²) >= 11 is 0. The molecule has 2 aromatic rings. The fraction of sp³-hybridized carbons (Fsp3) is 0.350. The highest BCUT2D eigenvalue weighted by atomic mass is 32.2. The van der Waals surface area contributed by atoms with E-state index < -0.39 is 10.0 Å². The lowest BCUT2D eigenvalue weighted by atomic mass is 9.91. The summed E-state index contributed by atoms with van der Waals surface area (Å²) < 4.78 is 28.6. The molecule has 0 spiro atoms. The predicted molar refractivity (Wildman–Crippen MR) is 102 cm³/mol. The number of aryl methyl sites for hydroxylation is 2. The molecule has 136 valence electrons. The van der Waals surface area contributed by atoms with E-state index in [-0.39, 0.29) is 10.8 Å². The Morgan fingerprint density at radius 2 is 1.69 bits per heavy atom. The van der Waals surface area contributed by atoms with Gasteiger partial charge in [-0.25, -0.2) is 8.42 Å². The lowest BCUT2D eigenvalue weighted by Gasteiger charge is -2.20. The monoisotopic (exact) mass is 370 g/mol. The second-order valence-corrected chi connectivity index (χ2v) is 8.66. The van der Waals surface area contributed by atoms with Crippen molar-refractivity contribution in [3.63, 3.8) is 0 Å². The predicted octanol–water partition coefficient (Wildman–Crippen LogP) is 3.64. The molecule has 4 rings (SSSR count). The largest absolute Gasteiger partial charge is 0.326 e. The zero-order valence-electron chi connectivity index (χ0n) is 14.5. The minimum atomic E-state index is -3.67. The molecule has 0 bridgehead atoms. The number of rotatable bonds is 3. The highest BCUT2D eigenvalue weighted by molar-refractivity contribution is 7.92. The molecular formula is C20H22N2O3S. The standard InChI is InChI=1S/C20H22N2O3S/c23-20-10-4-7-15-13-16(11-12-18(15)21-20)26(24,25)22-19-9-3-6-14-5-1-2-8-17(14)19/h3,6,9,11-13,22H,1-2,4-5,7-8,10H2,(H,21,23). The van der Waals surface area contributed by atoms with Crippen molar-refractivity contribution >= 4 is 27.3 Å². The van der Waals surface area contributed by atoms with E-state index >= 15 is 0 Å². The van der Waals surface area contributed by atoms with Gasteiger partial charge in [0, 0.05) is 12.1 Å². The second-order valence-electron chi connectivity index (χ2n) is 6.98. The summed E-state index contributed by atoms with van der Waals surface area (Å²) in [4.78, 5) is 11.9. The molecule has 1 aliphatic heterocycles. The number of nitrogens with one attached hydrogen (secondary N) is 2. The first-order valence-electron chi connectivity index (χ1n) is 9.09. The Labute approximate surface area is 153 Å². The average Bonchev–Trinajstić information content (AvgIpc) is 2.81. The van der Waals surface area contributed by atoms with Crippen LogP contribution in [0.4, 0.5) is 11.4 Å². The van der Waals surface area contributed by atoms with E-state index in [9.17, 15) is 13.2 Å². The number of benzene rings is 2. The van der Waals surface area contributed by atoms with Crippen molar-refractivity contribution in [2.45, 2.75) is 49.8 Å². The normalized spacial score (nSPS) is 16.8. The molecule has 1 heterocycles. The Balaban J connectivity index is 1.66. The van der Waals surface area contributed by atoms with Crippen molar-refractivity contribution in [1.82, 2.24) is 0 Å². The van der Waals surface area contributed by atoms with Gasteiger partial charge in [-0.3, -0.25) is 9.52 Å². The molecule has 0 saturated heterocycles. The van der Waals surface area contributed by atoms with Gasteiger partial charge in [-0.2, -0.15) is 0 Å². The quantitative estimate of drug-likeness (QED) is 0.866. The number of hydrogen-bond acceptors (Lipinski definition) is 3. The maximum Gasteiger partial charge on any atom is 0.261 e. The lowest BCUT2D eigenvalue weighted by molar-refractivity contribution is -0.116. The van der Waals surface area contributed by atoms with Crippen molar-refractivity contribution in [3.05, 3.63) is 53.1 Å². The van der Waals surface area contributed by atoms with Crippen molar-refractivity contribution in [3.8, 4) is 0 Å². The van der Waals surface area contributed by atoms with Gasteiger partial charge in [0.1, 0.15) is 0 Å². The third-order valence-corrected chi connectivity index (χ3v) is 6.51. The van der Waals surface area contributed by atoms with Gasteiger partial charge in [0.25, 0.3) is 10.0 Å². The smallest absolute Gasteiger partial charge is 0.261 e. The second kappa shape index (κ2) is 6.76. The maximum atomic E-state index is 12.9. The van der Waals surface area contributed by atoms with Gasteiger partial charge in [0.15, 0.2) is 0 Å². The summed E-state index contributed by atoms with van der Waals surface area (Å²) in [5.74, 6) is -0.0200. The zero-order chi connectivity index (χ0) is 18.1. The zero-order valence-corrected chi connectivity index (χ0v) is 15.4. The topological polar surface area (TPSA) is 75.3 Å². The van der Waals surface area contributed by atoms with Gasteiger partial charge in [-0.15, -0.1) is 0 Å². The van der Waals surface area contributed by atoms with Crippen LogP contribution in [0.5, 0.6) is 0 Å². The molecule has 1 aliphatic carbocycles. The maximum absolute atomic E-state index is 12.9. The third-order valence-electron chi connectivity index (χ3n) is 5.15. The molecule has 0 atom stereocenters. The van der Waals surface area contributed by atoms with Gasteiger partial charge < -0.3 is 5.32 Å². The molecule has 0 aromatic heterocycles. The molecule has 26 heavy (non-hydrogen) atoms. The molecule has 5 nitrogen and oxygen atoms in total. The van der Waals surface area contributed by atoms with E-state index in [1.807, 2.05) is 12.1 Å². The average molecular weight is 370 g/mol. The summed E-state index contributed by atoms with van der Waals surface area (Å²) in [6.07, 6.45) is 6.03. The Hall–Kier alpha value is -2.34. The van der Waals surface area contributed by atoms with Crippen LogP contribution in [0.1, 0.15) is 42.4 Å². The Morgan fingerprint density at radius 3 is 2.58 bits per heavy atom. The lowest BCUT2D eigenvalue weighted by Crippen LogP contribution is -2.16. The summed E-state index contributed by atoms with van der Waals surface area (Å²) in [5.41, 5.74) is 4.62. The van der Waals surface area contributed by atoms with Crippen LogP contribution in [0.2, 0.25) is 0 Å². The van der Waals surface area contributed by atoms with Crippen molar-refractivity contribution < 1.29 is 13.2 Å².